The number of nitrogens with one attached hydrogen (secondary N) is 1. The Morgan fingerprint density at radius 3 is 2.88 bits per heavy atom. The lowest BCUT2D eigenvalue weighted by molar-refractivity contribution is 0.0315. The van der Waals surface area contributed by atoms with E-state index < -0.39 is 17.4 Å². The molecule has 0 bridgehead atoms. The van der Waals surface area contributed by atoms with Gasteiger partial charge in [-0.25, -0.2) is 9.18 Å². The van der Waals surface area contributed by atoms with Gasteiger partial charge in [-0.15, -0.1) is 0 Å². The molecule has 0 aliphatic carbocycles. The van der Waals surface area contributed by atoms with E-state index in [9.17, 15) is 9.18 Å². The van der Waals surface area contributed by atoms with E-state index in [4.69, 9.17) is 4.74 Å². The van der Waals surface area contributed by atoms with Crippen LogP contribution in [0.3, 0.4) is 0 Å². The summed E-state index contributed by atoms with van der Waals surface area (Å²) in [6.07, 6.45) is 3.87. The van der Waals surface area contributed by atoms with Crippen LogP contribution in [0, 0.1) is 0 Å². The molecule has 1 amide bonds. The topological polar surface area (TPSA) is 41.6 Å². The van der Waals surface area contributed by atoms with E-state index in [1.54, 1.807) is 20.8 Å². The SMILES string of the molecule is CC(C)(C)OC(=O)N1C=C2NC=CC2(F)C1. The lowest BCUT2D eigenvalue weighted by Crippen LogP contribution is -2.36. The van der Waals surface area contributed by atoms with Crippen LogP contribution in [0.5, 0.6) is 0 Å². The summed E-state index contributed by atoms with van der Waals surface area (Å²) in [5, 5.41) is 2.76. The fourth-order valence-electron chi connectivity index (χ4n) is 1.64. The standard InChI is InChI=1S/C11H15FN2O2/c1-10(2,3)16-9(15)14-6-8-11(12,7-14)4-5-13-8/h4-6,13H,7H2,1-3H3. The monoisotopic (exact) mass is 226 g/mol. The van der Waals surface area contributed by atoms with Crippen LogP contribution in [-0.2, 0) is 4.74 Å². The molecule has 2 aliphatic rings. The number of amides is 1. The van der Waals surface area contributed by atoms with Crippen LogP contribution in [0.25, 0.3) is 0 Å². The number of halogens is 1. The van der Waals surface area contributed by atoms with E-state index in [-0.39, 0.29) is 6.54 Å². The number of hydrogen-bond acceptors (Lipinski definition) is 3. The zero-order valence-electron chi connectivity index (χ0n) is 9.58. The second kappa shape index (κ2) is 3.23. The van der Waals surface area contributed by atoms with Gasteiger partial charge in [0, 0.05) is 12.4 Å². The van der Waals surface area contributed by atoms with E-state index in [0.717, 1.165) is 0 Å². The predicted molar refractivity (Wildman–Crippen MR) is 57.1 cm³/mol. The number of nitrogens with zero attached hydrogens (tertiary/aromatic N) is 1. The maximum Gasteiger partial charge on any atom is 0.414 e. The Hall–Kier alpha value is -1.52. The second-order valence-corrected chi connectivity index (χ2v) is 4.99. The molecule has 0 spiro atoms. The van der Waals surface area contributed by atoms with E-state index in [1.807, 2.05) is 0 Å². The number of rotatable bonds is 0. The van der Waals surface area contributed by atoms with Crippen LogP contribution in [0.4, 0.5) is 9.18 Å². The van der Waals surface area contributed by atoms with Crippen molar-refractivity contribution < 1.29 is 13.9 Å². The minimum atomic E-state index is -1.57. The van der Waals surface area contributed by atoms with Gasteiger partial charge in [0.25, 0.3) is 0 Å². The van der Waals surface area contributed by atoms with Crippen LogP contribution >= 0.6 is 0 Å². The van der Waals surface area contributed by atoms with Crippen LogP contribution in [0.15, 0.2) is 24.2 Å². The third-order valence-corrected chi connectivity index (χ3v) is 2.35. The summed E-state index contributed by atoms with van der Waals surface area (Å²) in [4.78, 5) is 12.9. The molecule has 16 heavy (non-hydrogen) atoms. The van der Waals surface area contributed by atoms with Crippen molar-refractivity contribution >= 4 is 6.09 Å². The zero-order chi connectivity index (χ0) is 12.0. The molecule has 4 nitrogen and oxygen atoms in total. The van der Waals surface area contributed by atoms with Crippen molar-refractivity contribution in [1.29, 1.82) is 0 Å². The molecule has 0 aromatic rings. The fraction of sp³-hybridized carbons (Fsp3) is 0.545. The maximum absolute atomic E-state index is 14.1. The van der Waals surface area contributed by atoms with Gasteiger partial charge in [-0.1, -0.05) is 0 Å². The van der Waals surface area contributed by atoms with Crippen LogP contribution in [-0.4, -0.2) is 28.8 Å². The molecule has 0 aromatic heterocycles. The number of hydrogen-bond donors (Lipinski definition) is 1. The van der Waals surface area contributed by atoms with E-state index in [2.05, 4.69) is 5.32 Å². The predicted octanol–water partition coefficient (Wildman–Crippen LogP) is 1.90. The molecule has 0 fully saturated rings. The molecular formula is C11H15FN2O2. The molecule has 0 saturated carbocycles. The van der Waals surface area contributed by atoms with Gasteiger partial charge in [-0.2, -0.15) is 0 Å². The van der Waals surface area contributed by atoms with E-state index in [0.29, 0.717) is 5.70 Å². The van der Waals surface area contributed by atoms with Crippen LogP contribution < -0.4 is 5.32 Å². The van der Waals surface area contributed by atoms with E-state index >= 15 is 0 Å². The summed E-state index contributed by atoms with van der Waals surface area (Å²) in [5.74, 6) is 0. The van der Waals surface area contributed by atoms with Crippen molar-refractivity contribution in [2.24, 2.45) is 0 Å². The van der Waals surface area contributed by atoms with Gasteiger partial charge < -0.3 is 10.1 Å². The van der Waals surface area contributed by atoms with Crippen molar-refractivity contribution in [3.05, 3.63) is 24.2 Å². The molecule has 0 saturated heterocycles. The number of ether oxygens (including phenoxy) is 1. The lowest BCUT2D eigenvalue weighted by Gasteiger charge is -2.24. The molecular weight excluding hydrogens is 211 g/mol. The molecule has 0 aromatic carbocycles. The Kier molecular flexibility index (Phi) is 2.22. The van der Waals surface area contributed by atoms with Gasteiger partial charge in [0.1, 0.15) is 5.60 Å². The number of alkyl halides is 1. The average Bonchev–Trinajstić information content (AvgIpc) is 2.55. The van der Waals surface area contributed by atoms with Crippen LogP contribution in [0.1, 0.15) is 20.8 Å². The fourth-order valence-corrected chi connectivity index (χ4v) is 1.64. The zero-order valence-corrected chi connectivity index (χ0v) is 9.58. The van der Waals surface area contributed by atoms with Gasteiger partial charge in [-0.05, 0) is 26.8 Å². The average molecular weight is 226 g/mol. The van der Waals surface area contributed by atoms with Crippen molar-refractivity contribution in [3.63, 3.8) is 0 Å². The first-order chi connectivity index (χ1) is 7.30. The van der Waals surface area contributed by atoms with Crippen molar-refractivity contribution in [2.75, 3.05) is 6.54 Å². The molecule has 88 valence electrons. The maximum atomic E-state index is 14.1. The molecule has 1 unspecified atom stereocenters. The van der Waals surface area contributed by atoms with Gasteiger partial charge in [0.15, 0.2) is 5.67 Å². The normalized spacial score (nSPS) is 27.5. The van der Waals surface area contributed by atoms with Crippen LogP contribution in [0.2, 0.25) is 0 Å². The summed E-state index contributed by atoms with van der Waals surface area (Å²) in [6, 6.07) is 0. The third-order valence-electron chi connectivity index (χ3n) is 2.35. The Bertz CT molecular complexity index is 384. The molecule has 2 aliphatic heterocycles. The summed E-state index contributed by atoms with van der Waals surface area (Å²) in [6.45, 7) is 5.30. The molecule has 0 radical (unpaired) electrons. The highest BCUT2D eigenvalue weighted by Crippen LogP contribution is 2.33. The highest BCUT2D eigenvalue weighted by atomic mass is 19.1. The highest BCUT2D eigenvalue weighted by Gasteiger charge is 2.44. The Morgan fingerprint density at radius 1 is 1.62 bits per heavy atom. The minimum Gasteiger partial charge on any atom is -0.443 e. The van der Waals surface area contributed by atoms with Crippen molar-refractivity contribution in [2.45, 2.75) is 32.0 Å². The number of fused-ring (bicyclic) bond motifs is 1. The van der Waals surface area contributed by atoms with Gasteiger partial charge >= 0.3 is 6.09 Å². The second-order valence-electron chi connectivity index (χ2n) is 4.99. The van der Waals surface area contributed by atoms with Gasteiger partial charge in [-0.3, -0.25) is 4.90 Å². The van der Waals surface area contributed by atoms with Gasteiger partial charge in [0.05, 0.1) is 12.2 Å². The quantitative estimate of drug-likeness (QED) is 0.686. The number of carbonyl (C=O) groups is 1. The largest absolute Gasteiger partial charge is 0.443 e. The van der Waals surface area contributed by atoms with Crippen molar-refractivity contribution in [1.82, 2.24) is 10.2 Å². The first kappa shape index (κ1) is 11.0. The number of carbonyl (C=O) groups excluding carboxylic acids is 1. The van der Waals surface area contributed by atoms with Gasteiger partial charge in [0.2, 0.25) is 0 Å². The summed E-state index contributed by atoms with van der Waals surface area (Å²) in [7, 11) is 0. The summed E-state index contributed by atoms with van der Waals surface area (Å²) >= 11 is 0. The first-order valence-corrected chi connectivity index (χ1v) is 5.15. The molecule has 2 rings (SSSR count). The molecule has 1 N–H and O–H groups in total. The smallest absolute Gasteiger partial charge is 0.414 e. The van der Waals surface area contributed by atoms with E-state index in [1.165, 1.54) is 23.4 Å². The Morgan fingerprint density at radius 2 is 2.31 bits per heavy atom. The Labute approximate surface area is 93.7 Å². The molecule has 5 heteroatoms. The summed E-state index contributed by atoms with van der Waals surface area (Å²) in [5.41, 5.74) is -1.75. The Balaban J connectivity index is 2.06. The van der Waals surface area contributed by atoms with Crippen molar-refractivity contribution in [3.8, 4) is 0 Å². The minimum absolute atomic E-state index is 0.0270. The molecule has 2 heterocycles. The lowest BCUT2D eigenvalue weighted by atomic mass is 10.1. The summed E-state index contributed by atoms with van der Waals surface area (Å²) < 4.78 is 19.2. The third kappa shape index (κ3) is 1.89. The first-order valence-electron chi connectivity index (χ1n) is 5.15. The highest BCUT2D eigenvalue weighted by molar-refractivity contribution is 5.71. The molecule has 1 atom stereocenters.